The minimum atomic E-state index is -4.40. The summed E-state index contributed by atoms with van der Waals surface area (Å²) in [5.74, 6) is -2.69. The Kier molecular flexibility index (Phi) is 9.53. The summed E-state index contributed by atoms with van der Waals surface area (Å²) < 4.78 is 27.2. The van der Waals surface area contributed by atoms with Gasteiger partial charge in [0.15, 0.2) is 5.78 Å². The van der Waals surface area contributed by atoms with Crippen molar-refractivity contribution in [1.82, 2.24) is 20.2 Å². The number of para-hydroxylation sites is 2. The number of benzene rings is 3. The molecule has 0 saturated carbocycles. The summed E-state index contributed by atoms with van der Waals surface area (Å²) in [5.41, 5.74) is -1.25. The number of rotatable bonds is 12. The van der Waals surface area contributed by atoms with E-state index in [0.29, 0.717) is 0 Å². The van der Waals surface area contributed by atoms with E-state index in [4.69, 9.17) is 9.05 Å². The zero-order valence-electron chi connectivity index (χ0n) is 22.7. The van der Waals surface area contributed by atoms with E-state index in [2.05, 4.69) is 15.6 Å². The van der Waals surface area contributed by atoms with Gasteiger partial charge < -0.3 is 19.7 Å². The van der Waals surface area contributed by atoms with Crippen LogP contribution in [0.4, 0.5) is 5.69 Å². The standard InChI is InChI=1S/C28H26N5O9P/c1-19-17-32(28(37)31-26(19)36)18-25(35)29-16-24(34)30-27(20-12-14-21(15-13-20)33(38)39)43(40,41-22-8-4-2-5-9-22)42-23-10-6-3-7-11-23/h2-15,17,27H,16,18H2,1H3,(H,29,35)(H,30,34)(H,31,36,37). The monoisotopic (exact) mass is 607 g/mol. The topological polar surface area (TPSA) is 192 Å². The lowest BCUT2D eigenvalue weighted by Gasteiger charge is -2.28. The Bertz CT molecular complexity index is 1730. The van der Waals surface area contributed by atoms with Crippen molar-refractivity contribution in [2.24, 2.45) is 0 Å². The molecule has 0 fully saturated rings. The van der Waals surface area contributed by atoms with Gasteiger partial charge in [-0.15, -0.1) is 0 Å². The van der Waals surface area contributed by atoms with Crippen molar-refractivity contribution >= 4 is 25.1 Å². The highest BCUT2D eigenvalue weighted by atomic mass is 31.2. The Hall–Kier alpha value is -5.49. The number of nitrogens with one attached hydrogen (secondary N) is 3. The van der Waals surface area contributed by atoms with Crippen molar-refractivity contribution in [3.63, 3.8) is 0 Å². The van der Waals surface area contributed by atoms with Gasteiger partial charge in [0, 0.05) is 23.9 Å². The Morgan fingerprint density at radius 1 is 0.930 bits per heavy atom. The van der Waals surface area contributed by atoms with Crippen molar-refractivity contribution < 1.29 is 28.1 Å². The molecule has 2 amide bonds. The maximum atomic E-state index is 14.5. The molecule has 3 aromatic carbocycles. The quantitative estimate of drug-likeness (QED) is 0.123. The van der Waals surface area contributed by atoms with Gasteiger partial charge in [-0.05, 0) is 48.9 Å². The number of amides is 2. The molecule has 4 aromatic rings. The van der Waals surface area contributed by atoms with E-state index in [1.54, 1.807) is 36.4 Å². The minimum Gasteiger partial charge on any atom is -0.414 e. The van der Waals surface area contributed by atoms with Gasteiger partial charge in [0.25, 0.3) is 11.2 Å². The third-order valence-electron chi connectivity index (χ3n) is 5.93. The number of nitro groups is 1. The van der Waals surface area contributed by atoms with Crippen LogP contribution in [-0.2, 0) is 20.7 Å². The number of non-ortho nitro benzene ring substituents is 1. The minimum absolute atomic E-state index is 0.163. The molecule has 43 heavy (non-hydrogen) atoms. The van der Waals surface area contributed by atoms with Crippen LogP contribution < -0.4 is 30.9 Å². The Balaban J connectivity index is 1.61. The molecule has 1 heterocycles. The molecule has 1 atom stereocenters. The van der Waals surface area contributed by atoms with Crippen molar-refractivity contribution in [2.75, 3.05) is 6.54 Å². The second-order valence-electron chi connectivity index (χ2n) is 9.14. The molecule has 0 spiro atoms. The van der Waals surface area contributed by atoms with Crippen LogP contribution in [0.5, 0.6) is 11.5 Å². The summed E-state index contributed by atoms with van der Waals surface area (Å²) >= 11 is 0. The van der Waals surface area contributed by atoms with E-state index in [9.17, 15) is 33.9 Å². The van der Waals surface area contributed by atoms with Crippen molar-refractivity contribution in [3.05, 3.63) is 133 Å². The van der Waals surface area contributed by atoms with E-state index >= 15 is 0 Å². The Labute approximate surface area is 244 Å². The summed E-state index contributed by atoms with van der Waals surface area (Å²) in [6.45, 7) is 0.379. The molecule has 0 aliphatic rings. The zero-order valence-corrected chi connectivity index (χ0v) is 23.6. The van der Waals surface area contributed by atoms with E-state index in [1.165, 1.54) is 61.7 Å². The van der Waals surface area contributed by atoms with E-state index in [0.717, 1.165) is 4.57 Å². The average Bonchev–Trinajstić information content (AvgIpc) is 2.98. The molecule has 0 bridgehead atoms. The molecule has 1 unspecified atom stereocenters. The SMILES string of the molecule is Cc1cn(CC(=O)NCC(=O)NC(c2ccc([N+](=O)[O-])cc2)P(=O)(Oc2ccccc2)Oc2ccccc2)c(=O)[nH]c1=O. The molecule has 222 valence electrons. The van der Waals surface area contributed by atoms with Gasteiger partial charge in [-0.2, -0.15) is 0 Å². The first-order chi connectivity index (χ1) is 20.5. The van der Waals surface area contributed by atoms with Gasteiger partial charge in [0.1, 0.15) is 18.0 Å². The second-order valence-corrected chi connectivity index (χ2v) is 11.1. The number of nitro benzene ring substituents is 1. The molecule has 1 aromatic heterocycles. The molecule has 0 aliphatic carbocycles. The van der Waals surface area contributed by atoms with Crippen LogP contribution in [0, 0.1) is 17.0 Å². The van der Waals surface area contributed by atoms with Gasteiger partial charge in [0.05, 0.1) is 11.5 Å². The number of hydrogen-bond acceptors (Lipinski definition) is 9. The summed E-state index contributed by atoms with van der Waals surface area (Å²) in [6, 6.07) is 21.1. The first kappa shape index (κ1) is 30.5. The van der Waals surface area contributed by atoms with Crippen LogP contribution in [-0.4, -0.2) is 32.8 Å². The number of hydrogen-bond donors (Lipinski definition) is 3. The summed E-state index contributed by atoms with van der Waals surface area (Å²) in [6.07, 6.45) is 1.21. The first-order valence-electron chi connectivity index (χ1n) is 12.7. The Morgan fingerprint density at radius 3 is 2.02 bits per heavy atom. The van der Waals surface area contributed by atoms with Crippen LogP contribution >= 0.6 is 7.60 Å². The molecule has 4 rings (SSSR count). The molecule has 0 saturated heterocycles. The molecule has 14 nitrogen and oxygen atoms in total. The van der Waals surface area contributed by atoms with Crippen LogP contribution in [0.1, 0.15) is 16.9 Å². The van der Waals surface area contributed by atoms with Crippen LogP contribution in [0.3, 0.4) is 0 Å². The number of aromatic amines is 1. The van der Waals surface area contributed by atoms with Crippen molar-refractivity contribution in [2.45, 2.75) is 19.3 Å². The molecular formula is C28H26N5O9P. The van der Waals surface area contributed by atoms with Crippen molar-refractivity contribution in [1.29, 1.82) is 0 Å². The highest BCUT2D eigenvalue weighted by Gasteiger charge is 2.42. The third kappa shape index (κ3) is 8.05. The lowest BCUT2D eigenvalue weighted by atomic mass is 10.2. The van der Waals surface area contributed by atoms with Gasteiger partial charge >= 0.3 is 13.3 Å². The van der Waals surface area contributed by atoms with Crippen LogP contribution in [0.2, 0.25) is 0 Å². The van der Waals surface area contributed by atoms with E-state index < -0.39 is 54.5 Å². The van der Waals surface area contributed by atoms with Crippen LogP contribution in [0.25, 0.3) is 0 Å². The highest BCUT2D eigenvalue weighted by molar-refractivity contribution is 7.55. The number of carbonyl (C=O) groups is 2. The second kappa shape index (κ2) is 13.4. The van der Waals surface area contributed by atoms with E-state index in [-0.39, 0.29) is 28.3 Å². The van der Waals surface area contributed by atoms with Gasteiger partial charge in [-0.3, -0.25) is 34.0 Å². The number of aryl methyl sites for hydroxylation is 1. The zero-order chi connectivity index (χ0) is 31.0. The smallest absolute Gasteiger partial charge is 0.414 e. The summed E-state index contributed by atoms with van der Waals surface area (Å²) in [7, 11) is -4.40. The number of aromatic nitrogens is 2. The lowest BCUT2D eigenvalue weighted by Crippen LogP contribution is -2.42. The number of carbonyl (C=O) groups excluding carboxylic acids is 2. The molecule has 3 N–H and O–H groups in total. The fourth-order valence-electron chi connectivity index (χ4n) is 3.83. The van der Waals surface area contributed by atoms with Gasteiger partial charge in [-0.25, -0.2) is 9.36 Å². The Morgan fingerprint density at radius 2 is 1.49 bits per heavy atom. The largest absolute Gasteiger partial charge is 0.457 e. The summed E-state index contributed by atoms with van der Waals surface area (Å²) in [4.78, 5) is 61.9. The first-order valence-corrected chi connectivity index (χ1v) is 14.3. The predicted molar refractivity (Wildman–Crippen MR) is 155 cm³/mol. The maximum absolute atomic E-state index is 14.5. The fourth-order valence-corrected chi connectivity index (χ4v) is 5.75. The fraction of sp³-hybridized carbons (Fsp3) is 0.143. The van der Waals surface area contributed by atoms with Crippen molar-refractivity contribution in [3.8, 4) is 11.5 Å². The average molecular weight is 608 g/mol. The third-order valence-corrected chi connectivity index (χ3v) is 7.92. The highest BCUT2D eigenvalue weighted by Crippen LogP contribution is 2.59. The number of nitrogens with zero attached hydrogens (tertiary/aromatic N) is 2. The molecule has 0 radical (unpaired) electrons. The van der Waals surface area contributed by atoms with Gasteiger partial charge in [0.2, 0.25) is 11.8 Å². The molecular weight excluding hydrogens is 581 g/mol. The maximum Gasteiger partial charge on any atom is 0.457 e. The lowest BCUT2D eigenvalue weighted by molar-refractivity contribution is -0.384. The predicted octanol–water partition coefficient (Wildman–Crippen LogP) is 3.04. The summed E-state index contributed by atoms with van der Waals surface area (Å²) in [5, 5.41) is 16.1. The normalized spacial score (nSPS) is 11.7. The van der Waals surface area contributed by atoms with E-state index in [1.807, 2.05) is 0 Å². The molecule has 15 heteroatoms. The molecule has 0 aliphatic heterocycles. The number of H-pyrrole nitrogens is 1. The van der Waals surface area contributed by atoms with Crippen LogP contribution in [0.15, 0.2) is 101 Å². The van der Waals surface area contributed by atoms with Gasteiger partial charge in [-0.1, -0.05) is 36.4 Å².